The molecule has 4 heteroatoms. The Morgan fingerprint density at radius 3 is 2.82 bits per heavy atom. The molecule has 2 heterocycles. The van der Waals surface area contributed by atoms with E-state index >= 15 is 0 Å². The molecular formula is C13H21NO2S. The van der Waals surface area contributed by atoms with E-state index in [1.165, 1.54) is 0 Å². The Hall–Kier alpha value is -0.220. The third-order valence-electron chi connectivity index (χ3n) is 4.27. The summed E-state index contributed by atoms with van der Waals surface area (Å²) in [4.78, 5) is 14.1. The molecule has 3 nitrogen and oxygen atoms in total. The Balaban J connectivity index is 1.49. The summed E-state index contributed by atoms with van der Waals surface area (Å²) in [5.74, 6) is 2.49. The molecule has 1 amide bonds. The summed E-state index contributed by atoms with van der Waals surface area (Å²) in [6, 6.07) is 0. The molecule has 1 aliphatic carbocycles. The van der Waals surface area contributed by atoms with E-state index in [9.17, 15) is 4.79 Å². The molecule has 17 heavy (non-hydrogen) atoms. The molecule has 3 atom stereocenters. The van der Waals surface area contributed by atoms with E-state index in [-0.39, 0.29) is 0 Å². The van der Waals surface area contributed by atoms with Gasteiger partial charge in [0, 0.05) is 31.4 Å². The van der Waals surface area contributed by atoms with Gasteiger partial charge < -0.3 is 9.64 Å². The minimum atomic E-state index is 0.341. The van der Waals surface area contributed by atoms with Gasteiger partial charge in [0.1, 0.15) is 0 Å². The van der Waals surface area contributed by atoms with Crippen LogP contribution in [0.25, 0.3) is 0 Å². The highest BCUT2D eigenvalue weighted by Crippen LogP contribution is 2.48. The number of ether oxygens (including phenoxy) is 1. The molecule has 0 aromatic carbocycles. The maximum Gasteiger partial charge on any atom is 0.226 e. The Morgan fingerprint density at radius 2 is 2.24 bits per heavy atom. The number of likely N-dealkylation sites (tertiary alicyclic amines) is 1. The Kier molecular flexibility index (Phi) is 2.90. The second-order valence-corrected chi connectivity index (χ2v) is 7.28. The van der Waals surface area contributed by atoms with Crippen LogP contribution in [0.5, 0.6) is 0 Å². The van der Waals surface area contributed by atoms with Crippen LogP contribution in [0.3, 0.4) is 0 Å². The standard InChI is InChI=1S/C13H21NO2S/c1-3-16-10-5-13(17-6-10)7-14(8-13)12(15)11-4-9(11)2/h9-11H,3-8H2,1-2H3. The van der Waals surface area contributed by atoms with Gasteiger partial charge >= 0.3 is 0 Å². The number of rotatable bonds is 3. The fourth-order valence-corrected chi connectivity index (χ4v) is 4.62. The van der Waals surface area contributed by atoms with Gasteiger partial charge in [-0.2, -0.15) is 0 Å². The highest BCUT2D eigenvalue weighted by molar-refractivity contribution is 8.01. The van der Waals surface area contributed by atoms with Gasteiger partial charge in [0.05, 0.1) is 10.9 Å². The molecule has 0 bridgehead atoms. The molecule has 3 unspecified atom stereocenters. The Bertz CT molecular complexity index is 327. The minimum absolute atomic E-state index is 0.341. The van der Waals surface area contributed by atoms with Gasteiger partial charge in [0.2, 0.25) is 5.91 Å². The third-order valence-corrected chi connectivity index (χ3v) is 5.85. The lowest BCUT2D eigenvalue weighted by atomic mass is 9.92. The van der Waals surface area contributed by atoms with Crippen molar-refractivity contribution < 1.29 is 9.53 Å². The molecule has 0 aromatic rings. The van der Waals surface area contributed by atoms with Crippen molar-refractivity contribution in [2.45, 2.75) is 37.5 Å². The lowest BCUT2D eigenvalue weighted by Crippen LogP contribution is -2.61. The summed E-state index contributed by atoms with van der Waals surface area (Å²) in [5.41, 5.74) is 0. The Labute approximate surface area is 107 Å². The smallest absolute Gasteiger partial charge is 0.226 e. The van der Waals surface area contributed by atoms with Crippen molar-refractivity contribution in [2.75, 3.05) is 25.4 Å². The molecule has 3 rings (SSSR count). The van der Waals surface area contributed by atoms with Crippen LogP contribution in [0.4, 0.5) is 0 Å². The van der Waals surface area contributed by atoms with E-state index in [4.69, 9.17) is 4.74 Å². The summed E-state index contributed by atoms with van der Waals surface area (Å²) in [6.07, 6.45) is 2.66. The first-order valence-electron chi connectivity index (χ1n) is 6.68. The van der Waals surface area contributed by atoms with Gasteiger partial charge in [0.25, 0.3) is 0 Å². The quantitative estimate of drug-likeness (QED) is 0.769. The molecule has 0 radical (unpaired) electrons. The van der Waals surface area contributed by atoms with E-state index in [0.29, 0.717) is 28.6 Å². The number of carbonyl (C=O) groups is 1. The summed E-state index contributed by atoms with van der Waals surface area (Å²) in [6.45, 7) is 6.96. The monoisotopic (exact) mass is 255 g/mol. The number of hydrogen-bond donors (Lipinski definition) is 0. The molecule has 3 fully saturated rings. The first-order valence-corrected chi connectivity index (χ1v) is 7.66. The van der Waals surface area contributed by atoms with Crippen molar-refractivity contribution in [3.05, 3.63) is 0 Å². The predicted octanol–water partition coefficient (Wildman–Crippen LogP) is 1.77. The van der Waals surface area contributed by atoms with Gasteiger partial charge in [-0.15, -0.1) is 11.8 Å². The number of thioether (sulfide) groups is 1. The van der Waals surface area contributed by atoms with Crippen molar-refractivity contribution in [1.82, 2.24) is 4.90 Å². The maximum atomic E-state index is 12.0. The van der Waals surface area contributed by atoms with Gasteiger partial charge in [-0.1, -0.05) is 6.92 Å². The van der Waals surface area contributed by atoms with Crippen LogP contribution in [0.1, 0.15) is 26.7 Å². The molecule has 0 N–H and O–H groups in total. The van der Waals surface area contributed by atoms with Crippen LogP contribution in [0, 0.1) is 11.8 Å². The van der Waals surface area contributed by atoms with E-state index in [1.807, 2.05) is 11.8 Å². The highest BCUT2D eigenvalue weighted by Gasteiger charge is 2.53. The van der Waals surface area contributed by atoms with Crippen LogP contribution < -0.4 is 0 Å². The number of amides is 1. The number of carbonyl (C=O) groups excluding carboxylic acids is 1. The van der Waals surface area contributed by atoms with E-state index in [2.05, 4.69) is 18.7 Å². The summed E-state index contributed by atoms with van der Waals surface area (Å²) < 4.78 is 6.02. The molecule has 96 valence electrons. The third kappa shape index (κ3) is 2.10. The summed E-state index contributed by atoms with van der Waals surface area (Å²) >= 11 is 2.01. The predicted molar refractivity (Wildman–Crippen MR) is 69.1 cm³/mol. The molecule has 3 aliphatic rings. The van der Waals surface area contributed by atoms with Gasteiger partial charge in [-0.05, 0) is 25.7 Å². The van der Waals surface area contributed by atoms with Crippen molar-refractivity contribution in [3.8, 4) is 0 Å². The highest BCUT2D eigenvalue weighted by atomic mass is 32.2. The van der Waals surface area contributed by atoms with E-state index in [0.717, 1.165) is 38.3 Å². The molecule has 0 aromatic heterocycles. The largest absolute Gasteiger partial charge is 0.378 e. The van der Waals surface area contributed by atoms with Gasteiger partial charge in [-0.25, -0.2) is 0 Å². The average Bonchev–Trinajstić information content (AvgIpc) is 2.82. The minimum Gasteiger partial charge on any atom is -0.378 e. The fraction of sp³-hybridized carbons (Fsp3) is 0.923. The average molecular weight is 255 g/mol. The first kappa shape index (κ1) is 11.8. The number of nitrogens with zero attached hydrogens (tertiary/aromatic N) is 1. The zero-order valence-electron chi connectivity index (χ0n) is 10.6. The maximum absolute atomic E-state index is 12.0. The van der Waals surface area contributed by atoms with Crippen LogP contribution in [-0.4, -0.2) is 47.1 Å². The zero-order valence-corrected chi connectivity index (χ0v) is 11.5. The van der Waals surface area contributed by atoms with Gasteiger partial charge in [0.15, 0.2) is 0 Å². The molecular weight excluding hydrogens is 234 g/mol. The van der Waals surface area contributed by atoms with Crippen LogP contribution in [-0.2, 0) is 9.53 Å². The van der Waals surface area contributed by atoms with Crippen molar-refractivity contribution in [2.24, 2.45) is 11.8 Å². The fourth-order valence-electron chi connectivity index (χ4n) is 3.07. The first-order chi connectivity index (χ1) is 8.13. The van der Waals surface area contributed by atoms with Crippen LogP contribution >= 0.6 is 11.8 Å². The molecule has 1 spiro atoms. The van der Waals surface area contributed by atoms with E-state index in [1.54, 1.807) is 0 Å². The molecule has 2 saturated heterocycles. The van der Waals surface area contributed by atoms with Crippen molar-refractivity contribution in [3.63, 3.8) is 0 Å². The second kappa shape index (κ2) is 4.16. The zero-order chi connectivity index (χ0) is 12.0. The lowest BCUT2D eigenvalue weighted by Gasteiger charge is -2.47. The lowest BCUT2D eigenvalue weighted by molar-refractivity contribution is -0.138. The second-order valence-electron chi connectivity index (χ2n) is 5.79. The van der Waals surface area contributed by atoms with E-state index < -0.39 is 0 Å². The summed E-state index contributed by atoms with van der Waals surface area (Å²) in [7, 11) is 0. The summed E-state index contributed by atoms with van der Waals surface area (Å²) in [5, 5.41) is 0. The number of hydrogen-bond acceptors (Lipinski definition) is 3. The SMILES string of the molecule is CCOC1CSC2(C1)CN(C(=O)C1CC1C)C2. The van der Waals surface area contributed by atoms with Crippen LogP contribution in [0.2, 0.25) is 0 Å². The Morgan fingerprint density at radius 1 is 1.53 bits per heavy atom. The van der Waals surface area contributed by atoms with Crippen molar-refractivity contribution in [1.29, 1.82) is 0 Å². The van der Waals surface area contributed by atoms with Gasteiger partial charge in [-0.3, -0.25) is 4.79 Å². The topological polar surface area (TPSA) is 29.5 Å². The molecule has 1 saturated carbocycles. The van der Waals surface area contributed by atoms with Crippen LogP contribution in [0.15, 0.2) is 0 Å². The van der Waals surface area contributed by atoms with Crippen molar-refractivity contribution >= 4 is 17.7 Å². The molecule has 2 aliphatic heterocycles. The normalized spacial score (nSPS) is 38.2.